The van der Waals surface area contributed by atoms with Crippen molar-refractivity contribution >= 4 is 17.3 Å². The normalized spacial score (nSPS) is 12.5. The van der Waals surface area contributed by atoms with Crippen LogP contribution in [0.25, 0.3) is 0 Å². The molecule has 1 unspecified atom stereocenters. The lowest BCUT2D eigenvalue weighted by Gasteiger charge is -2.09. The molecule has 0 aliphatic heterocycles. The molecule has 0 spiro atoms. The predicted molar refractivity (Wildman–Crippen MR) is 50.6 cm³/mol. The third-order valence-corrected chi connectivity index (χ3v) is 2.68. The monoisotopic (exact) mass is 200 g/mol. The van der Waals surface area contributed by atoms with Gasteiger partial charge in [-0.1, -0.05) is 6.07 Å². The van der Waals surface area contributed by atoms with Gasteiger partial charge in [0.15, 0.2) is 0 Å². The van der Waals surface area contributed by atoms with Crippen LogP contribution in [-0.2, 0) is 16.0 Å². The summed E-state index contributed by atoms with van der Waals surface area (Å²) in [5, 5.41) is 10.9. The van der Waals surface area contributed by atoms with E-state index in [0.717, 1.165) is 4.88 Å². The van der Waals surface area contributed by atoms with Crippen LogP contribution in [0.1, 0.15) is 4.88 Å². The van der Waals surface area contributed by atoms with Crippen LogP contribution in [0.5, 0.6) is 0 Å². The van der Waals surface area contributed by atoms with E-state index in [1.165, 1.54) is 7.11 Å². The van der Waals surface area contributed by atoms with Crippen LogP contribution in [0.15, 0.2) is 17.5 Å². The smallest absolute Gasteiger partial charge is 0.311 e. The molecule has 1 heterocycles. The van der Waals surface area contributed by atoms with Crippen LogP contribution in [0.4, 0.5) is 0 Å². The summed E-state index contributed by atoms with van der Waals surface area (Å²) >= 11 is 1.58. The van der Waals surface area contributed by atoms with E-state index >= 15 is 0 Å². The van der Waals surface area contributed by atoms with Crippen molar-refractivity contribution in [3.63, 3.8) is 0 Å². The Kier molecular flexibility index (Phi) is 3.92. The van der Waals surface area contributed by atoms with Gasteiger partial charge in [-0.15, -0.1) is 11.3 Å². The number of esters is 1. The Hall–Kier alpha value is -0.870. The second kappa shape index (κ2) is 4.99. The van der Waals surface area contributed by atoms with Crippen LogP contribution in [-0.4, -0.2) is 24.8 Å². The molecule has 0 bridgehead atoms. The number of hydrogen-bond donors (Lipinski definition) is 1. The molecule has 1 rings (SSSR count). The van der Waals surface area contributed by atoms with Crippen molar-refractivity contribution in [1.82, 2.24) is 0 Å². The SMILES string of the molecule is COC(=O)C(CO)Cc1cccs1. The molecule has 0 aliphatic rings. The van der Waals surface area contributed by atoms with Crippen LogP contribution in [0.3, 0.4) is 0 Å². The van der Waals surface area contributed by atoms with Gasteiger partial charge in [0.2, 0.25) is 0 Å². The fourth-order valence-electron chi connectivity index (χ4n) is 1.06. The van der Waals surface area contributed by atoms with E-state index in [1.54, 1.807) is 11.3 Å². The first-order valence-corrected chi connectivity index (χ1v) is 4.87. The number of rotatable bonds is 4. The Morgan fingerprint density at radius 2 is 2.54 bits per heavy atom. The minimum Gasteiger partial charge on any atom is -0.469 e. The average Bonchev–Trinajstić information content (AvgIpc) is 2.65. The van der Waals surface area contributed by atoms with Crippen LogP contribution in [0.2, 0.25) is 0 Å². The maximum atomic E-state index is 11.1. The molecule has 0 aliphatic carbocycles. The summed E-state index contributed by atoms with van der Waals surface area (Å²) in [5.74, 6) is -0.778. The topological polar surface area (TPSA) is 46.5 Å². The molecule has 1 aromatic heterocycles. The third-order valence-electron chi connectivity index (χ3n) is 1.78. The summed E-state index contributed by atoms with van der Waals surface area (Å²) < 4.78 is 4.56. The van der Waals surface area contributed by atoms with Crippen molar-refractivity contribution in [3.8, 4) is 0 Å². The number of methoxy groups -OCH3 is 1. The molecule has 1 N–H and O–H groups in total. The first-order valence-electron chi connectivity index (χ1n) is 3.99. The maximum absolute atomic E-state index is 11.1. The number of carbonyl (C=O) groups excluding carboxylic acids is 1. The molecule has 0 saturated carbocycles. The van der Waals surface area contributed by atoms with Gasteiger partial charge in [-0.05, 0) is 17.9 Å². The Morgan fingerprint density at radius 3 is 3.00 bits per heavy atom. The number of carbonyl (C=O) groups is 1. The van der Waals surface area contributed by atoms with E-state index in [1.807, 2.05) is 17.5 Å². The van der Waals surface area contributed by atoms with E-state index < -0.39 is 5.92 Å². The Balaban J connectivity index is 2.54. The van der Waals surface area contributed by atoms with Gasteiger partial charge in [0.25, 0.3) is 0 Å². The van der Waals surface area contributed by atoms with Crippen LogP contribution in [0, 0.1) is 5.92 Å². The second-order valence-corrected chi connectivity index (χ2v) is 3.72. The fourth-order valence-corrected chi connectivity index (χ4v) is 1.85. The molecule has 72 valence electrons. The van der Waals surface area contributed by atoms with Crippen molar-refractivity contribution in [3.05, 3.63) is 22.4 Å². The Morgan fingerprint density at radius 1 is 1.77 bits per heavy atom. The molecule has 0 radical (unpaired) electrons. The van der Waals surface area contributed by atoms with Crippen LogP contribution >= 0.6 is 11.3 Å². The third kappa shape index (κ3) is 2.82. The zero-order valence-corrected chi connectivity index (χ0v) is 8.21. The highest BCUT2D eigenvalue weighted by Gasteiger charge is 2.18. The van der Waals surface area contributed by atoms with Crippen molar-refractivity contribution in [2.24, 2.45) is 5.92 Å². The Labute approximate surface area is 81.0 Å². The quantitative estimate of drug-likeness (QED) is 0.739. The summed E-state index contributed by atoms with van der Waals surface area (Å²) in [6, 6.07) is 3.86. The molecule has 0 aromatic carbocycles. The van der Waals surface area contributed by atoms with E-state index in [4.69, 9.17) is 5.11 Å². The highest BCUT2D eigenvalue weighted by atomic mass is 32.1. The standard InChI is InChI=1S/C9H12O3S/c1-12-9(11)7(6-10)5-8-3-2-4-13-8/h2-4,7,10H,5-6H2,1H3. The zero-order valence-electron chi connectivity index (χ0n) is 7.40. The first-order chi connectivity index (χ1) is 6.27. The fraction of sp³-hybridized carbons (Fsp3) is 0.444. The molecule has 1 aromatic rings. The summed E-state index contributed by atoms with van der Waals surface area (Å²) in [5.41, 5.74) is 0. The lowest BCUT2D eigenvalue weighted by molar-refractivity contribution is -0.146. The minimum atomic E-state index is -0.427. The predicted octanol–water partition coefficient (Wildman–Crippen LogP) is 1.07. The lowest BCUT2D eigenvalue weighted by atomic mass is 10.1. The number of aliphatic hydroxyl groups is 1. The van der Waals surface area contributed by atoms with Crippen molar-refractivity contribution in [1.29, 1.82) is 0 Å². The highest BCUT2D eigenvalue weighted by molar-refractivity contribution is 7.09. The largest absolute Gasteiger partial charge is 0.469 e. The van der Waals surface area contributed by atoms with Gasteiger partial charge in [0, 0.05) is 4.88 Å². The number of hydrogen-bond acceptors (Lipinski definition) is 4. The summed E-state index contributed by atoms with van der Waals surface area (Å²) in [6.45, 7) is -0.162. The van der Waals surface area contributed by atoms with Gasteiger partial charge in [-0.25, -0.2) is 0 Å². The molecular formula is C9H12O3S. The molecule has 0 amide bonds. The number of thiophene rings is 1. The first kappa shape index (κ1) is 10.2. The minimum absolute atomic E-state index is 0.162. The Bertz CT molecular complexity index is 256. The molecule has 4 heteroatoms. The highest BCUT2D eigenvalue weighted by Crippen LogP contribution is 2.15. The molecule has 13 heavy (non-hydrogen) atoms. The van der Waals surface area contributed by atoms with Crippen molar-refractivity contribution < 1.29 is 14.6 Å². The van der Waals surface area contributed by atoms with E-state index in [-0.39, 0.29) is 12.6 Å². The summed E-state index contributed by atoms with van der Waals surface area (Å²) in [7, 11) is 1.33. The van der Waals surface area contributed by atoms with Gasteiger partial charge < -0.3 is 9.84 Å². The lowest BCUT2D eigenvalue weighted by Crippen LogP contribution is -2.21. The van der Waals surface area contributed by atoms with Crippen molar-refractivity contribution in [2.75, 3.05) is 13.7 Å². The number of ether oxygens (including phenoxy) is 1. The summed E-state index contributed by atoms with van der Waals surface area (Å²) in [4.78, 5) is 12.2. The van der Waals surface area contributed by atoms with Gasteiger partial charge >= 0.3 is 5.97 Å². The zero-order chi connectivity index (χ0) is 9.68. The van der Waals surface area contributed by atoms with Gasteiger partial charge in [0.05, 0.1) is 19.6 Å². The van der Waals surface area contributed by atoms with Gasteiger partial charge in [0.1, 0.15) is 0 Å². The maximum Gasteiger partial charge on any atom is 0.311 e. The van der Waals surface area contributed by atoms with Gasteiger partial charge in [-0.3, -0.25) is 4.79 Å². The van der Waals surface area contributed by atoms with Gasteiger partial charge in [-0.2, -0.15) is 0 Å². The van der Waals surface area contributed by atoms with Crippen LogP contribution < -0.4 is 0 Å². The molecule has 0 saturated heterocycles. The molecular weight excluding hydrogens is 188 g/mol. The van der Waals surface area contributed by atoms with E-state index in [0.29, 0.717) is 6.42 Å². The van der Waals surface area contributed by atoms with E-state index in [2.05, 4.69) is 4.74 Å². The molecule has 3 nitrogen and oxygen atoms in total. The summed E-state index contributed by atoms with van der Waals surface area (Å²) in [6.07, 6.45) is 0.556. The molecule has 1 atom stereocenters. The second-order valence-electron chi connectivity index (χ2n) is 2.69. The number of aliphatic hydroxyl groups excluding tert-OH is 1. The van der Waals surface area contributed by atoms with Crippen molar-refractivity contribution in [2.45, 2.75) is 6.42 Å². The molecule has 0 fully saturated rings. The average molecular weight is 200 g/mol. The van der Waals surface area contributed by atoms with E-state index in [9.17, 15) is 4.79 Å².